The van der Waals surface area contributed by atoms with Crippen molar-refractivity contribution in [1.82, 2.24) is 5.32 Å². The van der Waals surface area contributed by atoms with E-state index in [2.05, 4.69) is 5.32 Å². The molecule has 0 aliphatic heterocycles. The number of alkyl carbamates (subject to hydrolysis) is 1. The van der Waals surface area contributed by atoms with Gasteiger partial charge in [-0.15, -0.1) is 0 Å². The van der Waals surface area contributed by atoms with Crippen molar-refractivity contribution in [3.05, 3.63) is 35.6 Å². The summed E-state index contributed by atoms with van der Waals surface area (Å²) in [6.07, 6.45) is -0.0197. The van der Waals surface area contributed by atoms with Crippen LogP contribution >= 0.6 is 0 Å². The van der Waals surface area contributed by atoms with Crippen molar-refractivity contribution in [3.63, 3.8) is 0 Å². The highest BCUT2D eigenvalue weighted by Crippen LogP contribution is 2.28. The number of para-hydroxylation sites is 1. The van der Waals surface area contributed by atoms with Crippen molar-refractivity contribution in [1.29, 1.82) is 0 Å². The Balaban J connectivity index is 2.26. The molecule has 5 nitrogen and oxygen atoms in total. The fraction of sp³-hybridized carbons (Fsp3) is 0.375. The molecule has 0 bridgehead atoms. The molecule has 1 atom stereocenters. The third-order valence-corrected chi connectivity index (χ3v) is 2.97. The highest BCUT2D eigenvalue weighted by Gasteiger charge is 2.24. The molecule has 0 aliphatic carbocycles. The fourth-order valence-electron chi connectivity index (χ4n) is 2.09. The van der Waals surface area contributed by atoms with Gasteiger partial charge in [-0.3, -0.25) is 0 Å². The Hall–Kier alpha value is -2.30. The van der Waals surface area contributed by atoms with Gasteiger partial charge in [0.25, 0.3) is 0 Å². The molecule has 5 heteroatoms. The molecule has 0 radical (unpaired) electrons. The highest BCUT2D eigenvalue weighted by atomic mass is 16.6. The van der Waals surface area contributed by atoms with E-state index in [4.69, 9.17) is 9.15 Å². The zero-order chi connectivity index (χ0) is 15.6. The lowest BCUT2D eigenvalue weighted by Crippen LogP contribution is -2.35. The molecule has 0 saturated heterocycles. The first-order valence-electron chi connectivity index (χ1n) is 6.74. The van der Waals surface area contributed by atoms with Gasteiger partial charge >= 0.3 is 6.09 Å². The van der Waals surface area contributed by atoms with Gasteiger partial charge in [-0.05, 0) is 33.8 Å². The number of aryl methyl sites for hydroxylation is 1. The van der Waals surface area contributed by atoms with Crippen LogP contribution in [0.1, 0.15) is 38.1 Å². The van der Waals surface area contributed by atoms with E-state index in [1.54, 1.807) is 20.8 Å². The van der Waals surface area contributed by atoms with Crippen LogP contribution in [-0.2, 0) is 9.53 Å². The van der Waals surface area contributed by atoms with Crippen molar-refractivity contribution in [2.24, 2.45) is 0 Å². The van der Waals surface area contributed by atoms with Crippen LogP contribution in [0.5, 0.6) is 0 Å². The number of rotatable bonds is 3. The van der Waals surface area contributed by atoms with Crippen LogP contribution in [0.4, 0.5) is 4.79 Å². The lowest BCUT2D eigenvalue weighted by molar-refractivity contribution is -0.110. The summed E-state index contributed by atoms with van der Waals surface area (Å²) < 4.78 is 10.8. The van der Waals surface area contributed by atoms with Crippen molar-refractivity contribution in [3.8, 4) is 0 Å². The largest absolute Gasteiger partial charge is 0.458 e. The second-order valence-corrected chi connectivity index (χ2v) is 5.85. The summed E-state index contributed by atoms with van der Waals surface area (Å²) in [5, 5.41) is 3.44. The third-order valence-electron chi connectivity index (χ3n) is 2.97. The molecule has 1 unspecified atom stereocenters. The molecule has 1 amide bonds. The third kappa shape index (κ3) is 3.42. The van der Waals surface area contributed by atoms with Gasteiger partial charge in [0.05, 0.1) is 0 Å². The number of ether oxygens (including phenoxy) is 1. The highest BCUT2D eigenvalue weighted by molar-refractivity contribution is 5.84. The van der Waals surface area contributed by atoms with E-state index in [1.165, 1.54) is 0 Å². The lowest BCUT2D eigenvalue weighted by atomic mass is 10.1. The minimum absolute atomic E-state index is 0.428. The van der Waals surface area contributed by atoms with Gasteiger partial charge in [0.1, 0.15) is 29.3 Å². The number of fused-ring (bicyclic) bond motifs is 1. The predicted octanol–water partition coefficient (Wildman–Crippen LogP) is 3.51. The van der Waals surface area contributed by atoms with Crippen molar-refractivity contribution < 1.29 is 18.7 Å². The molecule has 21 heavy (non-hydrogen) atoms. The summed E-state index contributed by atoms with van der Waals surface area (Å²) in [5.74, 6) is 0.428. The number of furan rings is 1. The number of hydrogen-bond acceptors (Lipinski definition) is 4. The van der Waals surface area contributed by atoms with Gasteiger partial charge in [-0.25, -0.2) is 4.79 Å². The lowest BCUT2D eigenvalue weighted by Gasteiger charge is -2.21. The number of carbonyl (C=O) groups excluding carboxylic acids is 2. The quantitative estimate of drug-likeness (QED) is 0.878. The Labute approximate surface area is 123 Å². The SMILES string of the molecule is Cc1c(C(C=O)NC(=O)OC(C)(C)C)oc2ccccc12. The van der Waals surface area contributed by atoms with Crippen LogP contribution < -0.4 is 5.32 Å². The van der Waals surface area contributed by atoms with Gasteiger partial charge in [0, 0.05) is 10.9 Å². The summed E-state index contributed by atoms with van der Waals surface area (Å²) in [6, 6.07) is 6.61. The smallest absolute Gasteiger partial charge is 0.408 e. The molecule has 2 rings (SSSR count). The van der Waals surface area contributed by atoms with E-state index in [0.717, 1.165) is 10.9 Å². The van der Waals surface area contributed by atoms with E-state index >= 15 is 0 Å². The maximum absolute atomic E-state index is 11.8. The topological polar surface area (TPSA) is 68.5 Å². The van der Waals surface area contributed by atoms with E-state index < -0.39 is 17.7 Å². The number of benzene rings is 1. The Morgan fingerprint density at radius 3 is 2.57 bits per heavy atom. The molecule has 0 fully saturated rings. The minimum atomic E-state index is -0.868. The average Bonchev–Trinajstić information content (AvgIpc) is 2.72. The van der Waals surface area contributed by atoms with Gasteiger partial charge in [-0.1, -0.05) is 18.2 Å². The van der Waals surface area contributed by atoms with Gasteiger partial charge in [0.15, 0.2) is 0 Å². The zero-order valence-corrected chi connectivity index (χ0v) is 12.6. The molecule has 1 aromatic carbocycles. The van der Waals surface area contributed by atoms with Crippen LogP contribution in [0, 0.1) is 6.92 Å². The Kier molecular flexibility index (Phi) is 4.02. The number of hydrogen-bond donors (Lipinski definition) is 1. The molecule has 0 aliphatic rings. The van der Waals surface area contributed by atoms with E-state index in [9.17, 15) is 9.59 Å². The maximum Gasteiger partial charge on any atom is 0.408 e. The van der Waals surface area contributed by atoms with Crippen LogP contribution in [0.25, 0.3) is 11.0 Å². The first-order valence-corrected chi connectivity index (χ1v) is 6.74. The molecular formula is C16H19NO4. The summed E-state index contributed by atoms with van der Waals surface area (Å²) in [6.45, 7) is 7.13. The van der Waals surface area contributed by atoms with Crippen LogP contribution in [0.3, 0.4) is 0 Å². The Bertz CT molecular complexity index is 666. The Morgan fingerprint density at radius 2 is 2.00 bits per heavy atom. The Morgan fingerprint density at radius 1 is 1.33 bits per heavy atom. The van der Waals surface area contributed by atoms with Gasteiger partial charge in [0.2, 0.25) is 0 Å². The molecule has 1 N–H and O–H groups in total. The fourth-order valence-corrected chi connectivity index (χ4v) is 2.09. The van der Waals surface area contributed by atoms with Crippen LogP contribution in [0.2, 0.25) is 0 Å². The first-order chi connectivity index (χ1) is 9.81. The van der Waals surface area contributed by atoms with E-state index in [1.807, 2.05) is 31.2 Å². The summed E-state index contributed by atoms with van der Waals surface area (Å²) in [4.78, 5) is 23.1. The maximum atomic E-state index is 11.8. The number of amides is 1. The molecule has 0 spiro atoms. The summed E-state index contributed by atoms with van der Waals surface area (Å²) >= 11 is 0. The number of carbonyl (C=O) groups is 2. The van der Waals surface area contributed by atoms with Crippen molar-refractivity contribution in [2.75, 3.05) is 0 Å². The zero-order valence-electron chi connectivity index (χ0n) is 12.6. The second-order valence-electron chi connectivity index (χ2n) is 5.85. The number of aldehydes is 1. The normalized spacial score (nSPS) is 13.0. The van der Waals surface area contributed by atoms with Crippen LogP contribution in [-0.4, -0.2) is 18.0 Å². The van der Waals surface area contributed by atoms with Crippen molar-refractivity contribution in [2.45, 2.75) is 39.3 Å². The molecule has 112 valence electrons. The monoisotopic (exact) mass is 289 g/mol. The predicted molar refractivity (Wildman–Crippen MR) is 79.1 cm³/mol. The average molecular weight is 289 g/mol. The second kappa shape index (κ2) is 5.60. The standard InChI is InChI=1S/C16H19NO4/c1-10-11-7-5-6-8-13(11)20-14(10)12(9-18)17-15(19)21-16(2,3)4/h5-9,12H,1-4H3,(H,17,19). The van der Waals surface area contributed by atoms with E-state index in [0.29, 0.717) is 17.6 Å². The molecule has 1 heterocycles. The van der Waals surface area contributed by atoms with Gasteiger partial charge in [-0.2, -0.15) is 0 Å². The molecular weight excluding hydrogens is 270 g/mol. The summed E-state index contributed by atoms with van der Waals surface area (Å²) in [5.41, 5.74) is 0.891. The molecule has 2 aromatic rings. The van der Waals surface area contributed by atoms with Crippen molar-refractivity contribution >= 4 is 23.3 Å². The molecule has 0 saturated carbocycles. The van der Waals surface area contributed by atoms with E-state index in [-0.39, 0.29) is 0 Å². The minimum Gasteiger partial charge on any atom is -0.458 e. The van der Waals surface area contributed by atoms with Crippen LogP contribution in [0.15, 0.2) is 28.7 Å². The summed E-state index contributed by atoms with van der Waals surface area (Å²) in [7, 11) is 0. The first kappa shape index (κ1) is 15.1. The van der Waals surface area contributed by atoms with Gasteiger partial charge < -0.3 is 19.3 Å². The number of nitrogens with one attached hydrogen (secondary N) is 1. The molecule has 1 aromatic heterocycles.